The highest BCUT2D eigenvalue weighted by atomic mass is 16.3. The molecule has 0 aliphatic carbocycles. The molecule has 2 rings (SSSR count). The van der Waals surface area contributed by atoms with E-state index in [1.165, 1.54) is 18.3 Å². The number of phenolic OH excluding ortho intramolecular Hbond substituents is 1. The van der Waals surface area contributed by atoms with Crippen molar-refractivity contribution in [3.8, 4) is 5.75 Å². The van der Waals surface area contributed by atoms with Crippen molar-refractivity contribution in [1.82, 2.24) is 10.7 Å². The van der Waals surface area contributed by atoms with Gasteiger partial charge in [0.25, 0.3) is 0 Å². The van der Waals surface area contributed by atoms with Gasteiger partial charge in [-0.2, -0.15) is 5.10 Å². The lowest BCUT2D eigenvalue weighted by Crippen LogP contribution is -2.37. The number of phenols is 1. The average molecular weight is 297 g/mol. The van der Waals surface area contributed by atoms with Gasteiger partial charge in [0, 0.05) is 6.54 Å². The van der Waals surface area contributed by atoms with Crippen molar-refractivity contribution < 1.29 is 14.7 Å². The van der Waals surface area contributed by atoms with Crippen LogP contribution in [0, 0.1) is 0 Å². The van der Waals surface area contributed by atoms with Gasteiger partial charge in [-0.05, 0) is 23.3 Å². The van der Waals surface area contributed by atoms with Crippen LogP contribution in [0.5, 0.6) is 5.75 Å². The number of carbonyl (C=O) groups excluding carboxylic acids is 2. The second-order valence-electron chi connectivity index (χ2n) is 4.46. The Labute approximate surface area is 127 Å². The summed E-state index contributed by atoms with van der Waals surface area (Å²) in [6, 6.07) is 15.6. The summed E-state index contributed by atoms with van der Waals surface area (Å²) < 4.78 is 0. The van der Waals surface area contributed by atoms with Crippen molar-refractivity contribution in [3.63, 3.8) is 0 Å². The van der Waals surface area contributed by atoms with E-state index >= 15 is 0 Å². The van der Waals surface area contributed by atoms with Crippen LogP contribution in [0.1, 0.15) is 11.1 Å². The fourth-order valence-electron chi connectivity index (χ4n) is 1.68. The highest BCUT2D eigenvalue weighted by Crippen LogP contribution is 2.08. The number of amides is 2. The number of benzene rings is 2. The lowest BCUT2D eigenvalue weighted by Gasteiger charge is -2.03. The lowest BCUT2D eigenvalue weighted by atomic mass is 10.2. The molecule has 2 aromatic carbocycles. The van der Waals surface area contributed by atoms with E-state index in [0.717, 1.165) is 5.56 Å². The van der Waals surface area contributed by atoms with Gasteiger partial charge in [0.1, 0.15) is 5.75 Å². The molecule has 0 bridgehead atoms. The number of nitrogens with zero attached hydrogens (tertiary/aromatic N) is 1. The first kappa shape index (κ1) is 15.2. The number of hydrazone groups is 1. The van der Waals surface area contributed by atoms with Crippen LogP contribution in [0.25, 0.3) is 0 Å². The van der Waals surface area contributed by atoms with Gasteiger partial charge in [-0.25, -0.2) is 5.43 Å². The van der Waals surface area contributed by atoms with Gasteiger partial charge < -0.3 is 10.4 Å². The highest BCUT2D eigenvalue weighted by molar-refractivity contribution is 6.35. The maximum absolute atomic E-state index is 11.6. The van der Waals surface area contributed by atoms with Crippen molar-refractivity contribution >= 4 is 18.0 Å². The molecular weight excluding hydrogens is 282 g/mol. The van der Waals surface area contributed by atoms with Gasteiger partial charge in [0.2, 0.25) is 0 Å². The molecule has 0 aliphatic rings. The monoisotopic (exact) mass is 297 g/mol. The minimum absolute atomic E-state index is 0.0934. The molecule has 0 saturated heterocycles. The van der Waals surface area contributed by atoms with Crippen LogP contribution in [0.2, 0.25) is 0 Å². The molecule has 0 radical (unpaired) electrons. The molecule has 22 heavy (non-hydrogen) atoms. The summed E-state index contributed by atoms with van der Waals surface area (Å²) in [6.07, 6.45) is 1.34. The molecule has 0 atom stereocenters. The first-order valence-corrected chi connectivity index (χ1v) is 6.59. The molecule has 2 aromatic rings. The topological polar surface area (TPSA) is 90.8 Å². The van der Waals surface area contributed by atoms with Crippen molar-refractivity contribution in [3.05, 3.63) is 65.7 Å². The largest absolute Gasteiger partial charge is 0.508 e. The zero-order chi connectivity index (χ0) is 15.8. The third kappa shape index (κ3) is 4.75. The van der Waals surface area contributed by atoms with Crippen molar-refractivity contribution in [2.45, 2.75) is 6.54 Å². The molecule has 0 heterocycles. The Morgan fingerprint density at radius 2 is 1.82 bits per heavy atom. The Balaban J connectivity index is 1.80. The number of carbonyl (C=O) groups is 2. The molecule has 3 N–H and O–H groups in total. The quantitative estimate of drug-likeness (QED) is 0.449. The van der Waals surface area contributed by atoms with E-state index in [0.29, 0.717) is 5.56 Å². The Hall–Kier alpha value is -3.15. The summed E-state index contributed by atoms with van der Waals surface area (Å²) in [7, 11) is 0. The van der Waals surface area contributed by atoms with Gasteiger partial charge >= 0.3 is 11.8 Å². The van der Waals surface area contributed by atoms with Crippen LogP contribution >= 0.6 is 0 Å². The number of rotatable bonds is 4. The van der Waals surface area contributed by atoms with Crippen LogP contribution in [-0.4, -0.2) is 23.1 Å². The van der Waals surface area contributed by atoms with Crippen molar-refractivity contribution in [2.75, 3.05) is 0 Å². The van der Waals surface area contributed by atoms with Crippen LogP contribution < -0.4 is 10.7 Å². The molecule has 0 spiro atoms. The third-order valence-corrected chi connectivity index (χ3v) is 2.75. The Morgan fingerprint density at radius 1 is 1.05 bits per heavy atom. The maximum Gasteiger partial charge on any atom is 0.329 e. The summed E-state index contributed by atoms with van der Waals surface area (Å²) >= 11 is 0. The van der Waals surface area contributed by atoms with E-state index in [-0.39, 0.29) is 12.3 Å². The van der Waals surface area contributed by atoms with E-state index in [1.54, 1.807) is 12.1 Å². The fraction of sp³-hybridized carbons (Fsp3) is 0.0625. The average Bonchev–Trinajstić information content (AvgIpc) is 2.53. The lowest BCUT2D eigenvalue weighted by molar-refractivity contribution is -0.139. The maximum atomic E-state index is 11.6. The molecule has 2 amide bonds. The summed E-state index contributed by atoms with van der Waals surface area (Å²) in [4.78, 5) is 23.1. The first-order chi connectivity index (χ1) is 10.6. The van der Waals surface area contributed by atoms with E-state index < -0.39 is 11.8 Å². The summed E-state index contributed by atoms with van der Waals surface area (Å²) in [5, 5.41) is 15.4. The Bertz CT molecular complexity index is 684. The molecule has 0 fully saturated rings. The summed E-state index contributed by atoms with van der Waals surface area (Å²) in [5.41, 5.74) is 3.62. The van der Waals surface area contributed by atoms with Crippen molar-refractivity contribution in [1.29, 1.82) is 0 Å². The number of aromatic hydroxyl groups is 1. The zero-order valence-electron chi connectivity index (χ0n) is 11.7. The third-order valence-electron chi connectivity index (χ3n) is 2.75. The Kier molecular flexibility index (Phi) is 5.25. The van der Waals surface area contributed by atoms with Gasteiger partial charge in [0.05, 0.1) is 6.21 Å². The molecule has 6 nitrogen and oxygen atoms in total. The molecule has 112 valence electrons. The van der Waals surface area contributed by atoms with Gasteiger partial charge in [-0.3, -0.25) is 9.59 Å². The van der Waals surface area contributed by atoms with Crippen LogP contribution in [0.4, 0.5) is 0 Å². The Morgan fingerprint density at radius 3 is 2.55 bits per heavy atom. The van der Waals surface area contributed by atoms with Crippen LogP contribution in [0.3, 0.4) is 0 Å². The van der Waals surface area contributed by atoms with E-state index in [4.69, 9.17) is 0 Å². The number of hydrogen-bond acceptors (Lipinski definition) is 4. The van der Waals surface area contributed by atoms with Gasteiger partial charge in [0.15, 0.2) is 0 Å². The normalized spacial score (nSPS) is 10.4. The minimum atomic E-state index is -0.854. The van der Waals surface area contributed by atoms with E-state index in [2.05, 4.69) is 15.8 Å². The van der Waals surface area contributed by atoms with Gasteiger partial charge in [-0.1, -0.05) is 42.5 Å². The van der Waals surface area contributed by atoms with E-state index in [1.807, 2.05) is 30.3 Å². The smallest absolute Gasteiger partial charge is 0.329 e. The predicted octanol–water partition coefficient (Wildman–Crippen LogP) is 1.16. The second-order valence-corrected chi connectivity index (χ2v) is 4.46. The molecular formula is C16H15N3O3. The number of hydrogen-bond donors (Lipinski definition) is 3. The first-order valence-electron chi connectivity index (χ1n) is 6.59. The SMILES string of the molecule is O=C(NCc1ccccc1)C(=O)N/N=C/c1cccc(O)c1. The van der Waals surface area contributed by atoms with Gasteiger partial charge in [-0.15, -0.1) is 0 Å². The molecule has 0 aromatic heterocycles. The molecule has 0 saturated carbocycles. The van der Waals surface area contributed by atoms with Crippen molar-refractivity contribution in [2.24, 2.45) is 5.10 Å². The predicted molar refractivity (Wildman–Crippen MR) is 82.1 cm³/mol. The van der Waals surface area contributed by atoms with E-state index in [9.17, 15) is 14.7 Å². The molecule has 6 heteroatoms. The zero-order valence-corrected chi connectivity index (χ0v) is 11.7. The summed E-state index contributed by atoms with van der Waals surface area (Å²) in [5.74, 6) is -1.53. The summed E-state index contributed by atoms with van der Waals surface area (Å²) in [6.45, 7) is 0.267. The number of nitrogens with one attached hydrogen (secondary N) is 2. The van der Waals surface area contributed by atoms with Crippen LogP contribution in [-0.2, 0) is 16.1 Å². The van der Waals surface area contributed by atoms with Crippen LogP contribution in [0.15, 0.2) is 59.7 Å². The fourth-order valence-corrected chi connectivity index (χ4v) is 1.68. The molecule has 0 aliphatic heterocycles. The standard InChI is InChI=1S/C16H15N3O3/c20-14-8-4-7-13(9-14)11-18-19-16(22)15(21)17-10-12-5-2-1-3-6-12/h1-9,11,20H,10H2,(H,17,21)(H,19,22)/b18-11+. The second kappa shape index (κ2) is 7.58. The minimum Gasteiger partial charge on any atom is -0.508 e. The highest BCUT2D eigenvalue weighted by Gasteiger charge is 2.11. The molecule has 0 unspecified atom stereocenters.